The average Bonchev–Trinajstić information content (AvgIpc) is 2.78. The number of hydrogen-bond donors (Lipinski definition) is 1. The molecule has 0 spiro atoms. The van der Waals surface area contributed by atoms with E-state index in [0.717, 1.165) is 13.1 Å². The summed E-state index contributed by atoms with van der Waals surface area (Å²) in [6.07, 6.45) is 0.592. The first-order valence-corrected chi connectivity index (χ1v) is 4.86. The van der Waals surface area contributed by atoms with E-state index in [0.29, 0.717) is 19.4 Å². The van der Waals surface area contributed by atoms with E-state index < -0.39 is 0 Å². The van der Waals surface area contributed by atoms with Crippen LogP contribution in [0.25, 0.3) is 0 Å². The van der Waals surface area contributed by atoms with Crippen LogP contribution < -0.4 is 5.32 Å². The van der Waals surface area contributed by atoms with E-state index in [9.17, 15) is 9.59 Å². The number of carbonyl (C=O) groups is 2. The summed E-state index contributed by atoms with van der Waals surface area (Å²) in [6.45, 7) is 2.95. The van der Waals surface area contributed by atoms with Gasteiger partial charge in [-0.25, -0.2) is 0 Å². The van der Waals surface area contributed by atoms with E-state index in [-0.39, 0.29) is 17.4 Å². The minimum Gasteiger partial charge on any atom is -0.448 e. The van der Waals surface area contributed by atoms with Crippen molar-refractivity contribution in [3.63, 3.8) is 0 Å². The molecule has 1 aliphatic heterocycles. The van der Waals surface area contributed by atoms with Gasteiger partial charge < -0.3 is 14.6 Å². The third-order valence-corrected chi connectivity index (χ3v) is 2.36. The second-order valence-corrected chi connectivity index (χ2v) is 3.36. The molecule has 1 N–H and O–H groups in total. The smallest absolute Gasteiger partial charge is 0.289 e. The number of nitrogens with one attached hydrogen (secondary N) is 1. The molecule has 1 amide bonds. The first-order chi connectivity index (χ1) is 7.31. The fourth-order valence-corrected chi connectivity index (χ4v) is 1.55. The molecule has 5 heteroatoms. The van der Waals surface area contributed by atoms with Crippen LogP contribution in [-0.4, -0.2) is 43.3 Å². The predicted octanol–water partition coefficient (Wildman–Crippen LogP) is 0.138. The number of hydrogen-bond acceptors (Lipinski definition) is 4. The topological polar surface area (TPSA) is 62.6 Å². The number of carbonyl (C=O) groups excluding carboxylic acids is 2. The normalized spacial score (nSPS) is 16.4. The quantitative estimate of drug-likeness (QED) is 0.702. The molecule has 0 aromatic carbocycles. The summed E-state index contributed by atoms with van der Waals surface area (Å²) >= 11 is 0. The van der Waals surface area contributed by atoms with Crippen LogP contribution in [0.2, 0.25) is 0 Å². The molecule has 2 rings (SSSR count). The Morgan fingerprint density at radius 2 is 2.13 bits per heavy atom. The molecule has 1 fully saturated rings. The van der Waals surface area contributed by atoms with Crippen LogP contribution in [0.4, 0.5) is 0 Å². The van der Waals surface area contributed by atoms with Crippen LogP contribution in [-0.2, 0) is 0 Å². The Kier molecular flexibility index (Phi) is 2.82. The Hall–Kier alpha value is -1.62. The Morgan fingerprint density at radius 3 is 2.73 bits per heavy atom. The second kappa shape index (κ2) is 4.27. The zero-order valence-electron chi connectivity index (χ0n) is 8.23. The van der Waals surface area contributed by atoms with E-state index in [1.54, 1.807) is 4.90 Å². The van der Waals surface area contributed by atoms with Crippen molar-refractivity contribution < 1.29 is 14.0 Å². The zero-order valence-corrected chi connectivity index (χ0v) is 8.23. The van der Waals surface area contributed by atoms with E-state index in [4.69, 9.17) is 4.42 Å². The van der Waals surface area contributed by atoms with Gasteiger partial charge in [0.25, 0.3) is 5.91 Å². The maximum absolute atomic E-state index is 11.8. The van der Waals surface area contributed by atoms with Gasteiger partial charge in [0.15, 0.2) is 17.8 Å². The van der Waals surface area contributed by atoms with Crippen molar-refractivity contribution in [3.8, 4) is 0 Å². The van der Waals surface area contributed by atoms with Gasteiger partial charge in [-0.05, 0) is 12.1 Å². The molecule has 0 unspecified atom stereocenters. The summed E-state index contributed by atoms with van der Waals surface area (Å²) in [5.74, 6) is 0.275. The molecule has 80 valence electrons. The van der Waals surface area contributed by atoms with Crippen LogP contribution >= 0.6 is 0 Å². The van der Waals surface area contributed by atoms with Gasteiger partial charge in [-0.2, -0.15) is 0 Å². The molecule has 0 saturated carbocycles. The first-order valence-electron chi connectivity index (χ1n) is 4.86. The fourth-order valence-electron chi connectivity index (χ4n) is 1.55. The van der Waals surface area contributed by atoms with Gasteiger partial charge in [0.2, 0.25) is 0 Å². The highest BCUT2D eigenvalue weighted by molar-refractivity contribution is 5.92. The average molecular weight is 208 g/mol. The first kappa shape index (κ1) is 9.92. The van der Waals surface area contributed by atoms with Gasteiger partial charge in [-0.1, -0.05) is 0 Å². The third kappa shape index (κ3) is 2.07. The van der Waals surface area contributed by atoms with Crippen LogP contribution in [0.5, 0.6) is 0 Å². The third-order valence-electron chi connectivity index (χ3n) is 2.36. The van der Waals surface area contributed by atoms with Crippen molar-refractivity contribution in [3.05, 3.63) is 23.7 Å². The lowest BCUT2D eigenvalue weighted by molar-refractivity contribution is 0.0702. The Morgan fingerprint density at radius 1 is 1.40 bits per heavy atom. The highest BCUT2D eigenvalue weighted by Crippen LogP contribution is 2.09. The summed E-state index contributed by atoms with van der Waals surface area (Å²) in [7, 11) is 0. The summed E-state index contributed by atoms with van der Waals surface area (Å²) in [5.41, 5.74) is 0. The summed E-state index contributed by atoms with van der Waals surface area (Å²) in [4.78, 5) is 23.9. The molecule has 0 radical (unpaired) electrons. The summed E-state index contributed by atoms with van der Waals surface area (Å²) < 4.78 is 5.07. The largest absolute Gasteiger partial charge is 0.448 e. The maximum Gasteiger partial charge on any atom is 0.289 e. The lowest BCUT2D eigenvalue weighted by Gasteiger charge is -2.26. The number of furan rings is 1. The number of piperazine rings is 1. The lowest BCUT2D eigenvalue weighted by atomic mass is 10.3. The number of amides is 1. The van der Waals surface area contributed by atoms with Gasteiger partial charge in [-0.15, -0.1) is 0 Å². The van der Waals surface area contributed by atoms with Gasteiger partial charge >= 0.3 is 0 Å². The molecule has 15 heavy (non-hydrogen) atoms. The molecule has 5 nitrogen and oxygen atoms in total. The molecule has 0 bridgehead atoms. The number of rotatable bonds is 2. The monoisotopic (exact) mass is 208 g/mol. The van der Waals surface area contributed by atoms with E-state index >= 15 is 0 Å². The SMILES string of the molecule is O=Cc1ccc(C(=O)N2CCNCC2)o1. The standard InChI is InChI=1S/C10H12N2O3/c13-7-8-1-2-9(15-8)10(14)12-5-3-11-4-6-12/h1-2,7,11H,3-6H2. The number of nitrogens with zero attached hydrogens (tertiary/aromatic N) is 1. The van der Waals surface area contributed by atoms with E-state index in [2.05, 4.69) is 5.32 Å². The van der Waals surface area contributed by atoms with Crippen molar-refractivity contribution in [1.82, 2.24) is 10.2 Å². The van der Waals surface area contributed by atoms with Crippen molar-refractivity contribution in [2.24, 2.45) is 0 Å². The Bertz CT molecular complexity index is 366. The lowest BCUT2D eigenvalue weighted by Crippen LogP contribution is -2.46. The highest BCUT2D eigenvalue weighted by atomic mass is 16.4. The van der Waals surface area contributed by atoms with Crippen LogP contribution in [0.15, 0.2) is 16.5 Å². The van der Waals surface area contributed by atoms with Crippen LogP contribution in [0, 0.1) is 0 Å². The Balaban J connectivity index is 2.08. The molecule has 2 heterocycles. The zero-order chi connectivity index (χ0) is 10.7. The molecule has 0 atom stereocenters. The van der Waals surface area contributed by atoms with Crippen LogP contribution in [0.3, 0.4) is 0 Å². The predicted molar refractivity (Wildman–Crippen MR) is 52.9 cm³/mol. The van der Waals surface area contributed by atoms with Crippen molar-refractivity contribution in [2.75, 3.05) is 26.2 Å². The van der Waals surface area contributed by atoms with Crippen LogP contribution in [0.1, 0.15) is 21.1 Å². The summed E-state index contributed by atoms with van der Waals surface area (Å²) in [6, 6.07) is 3.04. The maximum atomic E-state index is 11.8. The van der Waals surface area contributed by atoms with E-state index in [1.807, 2.05) is 0 Å². The second-order valence-electron chi connectivity index (χ2n) is 3.36. The minimum absolute atomic E-state index is 0.149. The fraction of sp³-hybridized carbons (Fsp3) is 0.400. The van der Waals surface area contributed by atoms with Gasteiger partial charge in [0, 0.05) is 26.2 Å². The van der Waals surface area contributed by atoms with Gasteiger partial charge in [0.05, 0.1) is 0 Å². The van der Waals surface area contributed by atoms with Gasteiger partial charge in [0.1, 0.15) is 0 Å². The van der Waals surface area contributed by atoms with Gasteiger partial charge in [-0.3, -0.25) is 9.59 Å². The molecular formula is C10H12N2O3. The minimum atomic E-state index is -0.149. The van der Waals surface area contributed by atoms with Crippen molar-refractivity contribution >= 4 is 12.2 Å². The summed E-state index contributed by atoms with van der Waals surface area (Å²) in [5, 5.41) is 3.16. The number of aldehydes is 1. The van der Waals surface area contributed by atoms with E-state index in [1.165, 1.54) is 12.1 Å². The Labute approximate surface area is 87.0 Å². The molecule has 1 aliphatic rings. The molecule has 1 saturated heterocycles. The molecular weight excluding hydrogens is 196 g/mol. The van der Waals surface area contributed by atoms with Crippen molar-refractivity contribution in [2.45, 2.75) is 0 Å². The van der Waals surface area contributed by atoms with Crippen molar-refractivity contribution in [1.29, 1.82) is 0 Å². The molecule has 0 aliphatic carbocycles. The molecule has 1 aromatic rings. The molecule has 1 aromatic heterocycles. The highest BCUT2D eigenvalue weighted by Gasteiger charge is 2.20.